The second-order valence-corrected chi connectivity index (χ2v) is 8.64. The van der Waals surface area contributed by atoms with Gasteiger partial charge in [-0.25, -0.2) is 0 Å². The zero-order valence-corrected chi connectivity index (χ0v) is 18.9. The molecule has 0 radical (unpaired) electrons. The van der Waals surface area contributed by atoms with Crippen LogP contribution in [0.4, 0.5) is 0 Å². The van der Waals surface area contributed by atoms with Crippen LogP contribution in [0.3, 0.4) is 0 Å². The summed E-state index contributed by atoms with van der Waals surface area (Å²) < 4.78 is 5.75. The predicted octanol–water partition coefficient (Wildman–Crippen LogP) is 4.55. The number of hydrogen-bond acceptors (Lipinski definition) is 3. The molecule has 1 aliphatic rings. The molecule has 0 heterocycles. The molecule has 2 aromatic rings. The van der Waals surface area contributed by atoms with E-state index in [9.17, 15) is 9.59 Å². The largest absolute Gasteiger partial charge is 0.484 e. The van der Waals surface area contributed by atoms with E-state index in [-0.39, 0.29) is 24.5 Å². The average molecular weight is 423 g/mol. The number of hydrogen-bond donors (Lipinski definition) is 1. The molecule has 5 nitrogen and oxygen atoms in total. The number of carbonyl (C=O) groups is 2. The summed E-state index contributed by atoms with van der Waals surface area (Å²) in [6, 6.07) is 15.3. The molecule has 31 heavy (non-hydrogen) atoms. The fourth-order valence-corrected chi connectivity index (χ4v) is 4.09. The number of amides is 2. The Hall–Kier alpha value is -2.82. The number of carbonyl (C=O) groups excluding carboxylic acids is 2. The van der Waals surface area contributed by atoms with Crippen molar-refractivity contribution in [1.82, 2.24) is 10.2 Å². The van der Waals surface area contributed by atoms with E-state index in [0.29, 0.717) is 12.3 Å². The lowest BCUT2D eigenvalue weighted by atomic mass is 9.95. The highest BCUT2D eigenvalue weighted by Crippen LogP contribution is 2.19. The van der Waals surface area contributed by atoms with Crippen LogP contribution < -0.4 is 10.1 Å². The van der Waals surface area contributed by atoms with Crippen LogP contribution in [0.1, 0.15) is 55.7 Å². The standard InChI is InChI=1S/C26H34N2O3/c1-19-9-7-11-22(15-19)17-28(21(3)26(30)27-23-12-5-4-6-13-23)25(29)18-31-24-14-8-10-20(2)16-24/h7-11,14-16,21,23H,4-6,12-13,17-18H2,1-3H3,(H,27,30)/t21-/m1/s1. The van der Waals surface area contributed by atoms with E-state index >= 15 is 0 Å². The SMILES string of the molecule is Cc1cccc(CN(C(=O)COc2cccc(C)c2)[C@H](C)C(=O)NC2CCCCC2)c1. The summed E-state index contributed by atoms with van der Waals surface area (Å²) in [6.45, 7) is 6.08. The number of rotatable bonds is 8. The van der Waals surface area contributed by atoms with Gasteiger partial charge in [-0.3, -0.25) is 9.59 Å². The van der Waals surface area contributed by atoms with Crippen molar-refractivity contribution >= 4 is 11.8 Å². The van der Waals surface area contributed by atoms with Crippen molar-refractivity contribution in [3.8, 4) is 5.75 Å². The molecular formula is C26H34N2O3. The fraction of sp³-hybridized carbons (Fsp3) is 0.462. The van der Waals surface area contributed by atoms with Crippen molar-refractivity contribution in [3.63, 3.8) is 0 Å². The topological polar surface area (TPSA) is 58.6 Å². The summed E-state index contributed by atoms with van der Waals surface area (Å²) in [5, 5.41) is 3.16. The molecule has 0 unspecified atom stereocenters. The smallest absolute Gasteiger partial charge is 0.261 e. The highest BCUT2D eigenvalue weighted by molar-refractivity contribution is 5.88. The van der Waals surface area contributed by atoms with Gasteiger partial charge >= 0.3 is 0 Å². The van der Waals surface area contributed by atoms with Crippen LogP contribution in [-0.4, -0.2) is 35.4 Å². The average Bonchev–Trinajstić information content (AvgIpc) is 2.76. The number of aryl methyl sites for hydroxylation is 2. The molecule has 0 aliphatic heterocycles. The third kappa shape index (κ3) is 6.84. The highest BCUT2D eigenvalue weighted by atomic mass is 16.5. The fourth-order valence-electron chi connectivity index (χ4n) is 4.09. The summed E-state index contributed by atoms with van der Waals surface area (Å²) >= 11 is 0. The zero-order chi connectivity index (χ0) is 22.2. The molecule has 0 saturated heterocycles. The summed E-state index contributed by atoms with van der Waals surface area (Å²) in [7, 11) is 0. The van der Waals surface area contributed by atoms with Crippen molar-refractivity contribution < 1.29 is 14.3 Å². The summed E-state index contributed by atoms with van der Waals surface area (Å²) in [4.78, 5) is 27.8. The van der Waals surface area contributed by atoms with Crippen LogP contribution >= 0.6 is 0 Å². The minimum atomic E-state index is -0.573. The first kappa shape index (κ1) is 22.9. The molecule has 1 N–H and O–H groups in total. The van der Waals surface area contributed by atoms with Gasteiger partial charge in [-0.1, -0.05) is 61.2 Å². The lowest BCUT2D eigenvalue weighted by Gasteiger charge is -2.31. The third-order valence-electron chi connectivity index (χ3n) is 5.91. The first-order valence-corrected chi connectivity index (χ1v) is 11.3. The Balaban J connectivity index is 1.70. The number of benzene rings is 2. The molecule has 0 spiro atoms. The maximum atomic E-state index is 13.1. The molecule has 1 saturated carbocycles. The van der Waals surface area contributed by atoms with Gasteiger partial charge < -0.3 is 15.0 Å². The van der Waals surface area contributed by atoms with Gasteiger partial charge in [0.1, 0.15) is 11.8 Å². The quantitative estimate of drug-likeness (QED) is 0.679. The molecule has 0 bridgehead atoms. The molecule has 3 rings (SSSR count). The molecule has 2 amide bonds. The minimum absolute atomic E-state index is 0.0940. The molecule has 1 aliphatic carbocycles. The van der Waals surface area contributed by atoms with Crippen LogP contribution in [0.2, 0.25) is 0 Å². The van der Waals surface area contributed by atoms with Gasteiger partial charge in [0.25, 0.3) is 5.91 Å². The maximum absolute atomic E-state index is 13.1. The van der Waals surface area contributed by atoms with Crippen LogP contribution in [-0.2, 0) is 16.1 Å². The van der Waals surface area contributed by atoms with Gasteiger partial charge in [0.15, 0.2) is 6.61 Å². The minimum Gasteiger partial charge on any atom is -0.484 e. The number of nitrogens with one attached hydrogen (secondary N) is 1. The van der Waals surface area contributed by atoms with Crippen molar-refractivity contribution in [3.05, 3.63) is 65.2 Å². The third-order valence-corrected chi connectivity index (χ3v) is 5.91. The monoisotopic (exact) mass is 422 g/mol. The number of ether oxygens (including phenoxy) is 1. The van der Waals surface area contributed by atoms with Gasteiger partial charge in [0.05, 0.1) is 0 Å². The Morgan fingerprint density at radius 2 is 1.71 bits per heavy atom. The molecule has 5 heteroatoms. The van der Waals surface area contributed by atoms with Gasteiger partial charge in [0, 0.05) is 12.6 Å². The van der Waals surface area contributed by atoms with E-state index in [1.54, 1.807) is 11.8 Å². The van der Waals surface area contributed by atoms with Gasteiger partial charge in [0.2, 0.25) is 5.91 Å². The summed E-state index contributed by atoms with van der Waals surface area (Å²) in [6.07, 6.45) is 5.56. The Kier molecular flexibility index (Phi) is 8.10. The Labute approximate surface area is 185 Å². The Morgan fingerprint density at radius 3 is 2.39 bits per heavy atom. The van der Waals surface area contributed by atoms with E-state index < -0.39 is 6.04 Å². The van der Waals surface area contributed by atoms with Gasteiger partial charge in [-0.05, 0) is 56.9 Å². The van der Waals surface area contributed by atoms with E-state index in [1.807, 2.05) is 62.4 Å². The van der Waals surface area contributed by atoms with E-state index in [2.05, 4.69) is 5.32 Å². The second kappa shape index (κ2) is 11.0. The zero-order valence-electron chi connectivity index (χ0n) is 18.9. The second-order valence-electron chi connectivity index (χ2n) is 8.64. The van der Waals surface area contributed by atoms with Crippen molar-refractivity contribution in [1.29, 1.82) is 0 Å². The summed E-state index contributed by atoms with van der Waals surface area (Å²) in [5.74, 6) is 0.362. The van der Waals surface area contributed by atoms with E-state index in [4.69, 9.17) is 4.74 Å². The van der Waals surface area contributed by atoms with Crippen molar-refractivity contribution in [2.45, 2.75) is 71.5 Å². The van der Waals surface area contributed by atoms with E-state index in [1.165, 1.54) is 6.42 Å². The summed E-state index contributed by atoms with van der Waals surface area (Å²) in [5.41, 5.74) is 3.20. The first-order chi connectivity index (χ1) is 14.9. The predicted molar refractivity (Wildman–Crippen MR) is 123 cm³/mol. The van der Waals surface area contributed by atoms with Crippen molar-refractivity contribution in [2.24, 2.45) is 0 Å². The van der Waals surface area contributed by atoms with E-state index in [0.717, 1.165) is 42.4 Å². The highest BCUT2D eigenvalue weighted by Gasteiger charge is 2.28. The van der Waals surface area contributed by atoms with Gasteiger partial charge in [-0.15, -0.1) is 0 Å². The van der Waals surface area contributed by atoms with Crippen LogP contribution in [0, 0.1) is 13.8 Å². The molecular weight excluding hydrogens is 388 g/mol. The molecule has 1 atom stereocenters. The molecule has 166 valence electrons. The Morgan fingerprint density at radius 1 is 1.03 bits per heavy atom. The first-order valence-electron chi connectivity index (χ1n) is 11.3. The molecule has 2 aromatic carbocycles. The molecule has 0 aromatic heterocycles. The van der Waals surface area contributed by atoms with Crippen LogP contribution in [0.15, 0.2) is 48.5 Å². The normalized spacial score (nSPS) is 15.2. The van der Waals surface area contributed by atoms with Crippen LogP contribution in [0.25, 0.3) is 0 Å². The Bertz CT molecular complexity index is 890. The van der Waals surface area contributed by atoms with Crippen LogP contribution in [0.5, 0.6) is 5.75 Å². The number of nitrogens with zero attached hydrogens (tertiary/aromatic N) is 1. The molecule has 1 fully saturated rings. The lowest BCUT2D eigenvalue weighted by molar-refractivity contribution is -0.142. The van der Waals surface area contributed by atoms with Crippen molar-refractivity contribution in [2.75, 3.05) is 6.61 Å². The lowest BCUT2D eigenvalue weighted by Crippen LogP contribution is -2.51. The van der Waals surface area contributed by atoms with Gasteiger partial charge in [-0.2, -0.15) is 0 Å². The maximum Gasteiger partial charge on any atom is 0.261 e.